The molecule has 10 heteroatoms. The standard InChI is InChI=1S/4C14H12S2.2C2H6.2Ni/c4*15-13(11-7-3-1-4-8-11)14(16)12-9-5-2-6-10-12;2*1-2;;/h4*1-10,15-16H;2*1-2H3;;/p-8. The molecule has 0 aromatic heterocycles. The van der Waals surface area contributed by atoms with Crippen LogP contribution in [0.15, 0.2) is 243 Å². The van der Waals surface area contributed by atoms with Gasteiger partial charge in [-0.2, -0.15) is 39.2 Å². The summed E-state index contributed by atoms with van der Waals surface area (Å²) in [6, 6.07) is 79.0. The van der Waals surface area contributed by atoms with Crippen molar-refractivity contribution in [2.24, 2.45) is 0 Å². The van der Waals surface area contributed by atoms with E-state index in [0.717, 1.165) is 83.7 Å². The van der Waals surface area contributed by atoms with E-state index in [-0.39, 0.29) is 33.0 Å². The Labute approximate surface area is 483 Å². The monoisotopic (exact) mass is 1140 g/mol. The fourth-order valence-electron chi connectivity index (χ4n) is 5.76. The van der Waals surface area contributed by atoms with Crippen LogP contribution in [0.4, 0.5) is 0 Å². The second-order valence-corrected chi connectivity index (χ2v) is 16.8. The summed E-state index contributed by atoms with van der Waals surface area (Å²) in [5.41, 5.74) is 8.05. The van der Waals surface area contributed by atoms with Crippen LogP contribution in [-0.2, 0) is 134 Å². The quantitative estimate of drug-likeness (QED) is 0.0828. The minimum Gasteiger partial charge on any atom is -0.781 e. The summed E-state index contributed by atoms with van der Waals surface area (Å²) in [6.45, 7) is 8.00. The van der Waals surface area contributed by atoms with Gasteiger partial charge in [-0.05, 0) is 44.5 Å². The van der Waals surface area contributed by atoms with Crippen molar-refractivity contribution < 1.29 is 33.0 Å². The first kappa shape index (κ1) is 63.5. The van der Waals surface area contributed by atoms with Gasteiger partial charge in [-0.15, -0.1) is 0 Å². The van der Waals surface area contributed by atoms with E-state index in [0.29, 0.717) is 0 Å². The van der Waals surface area contributed by atoms with Crippen LogP contribution in [0.5, 0.6) is 0 Å². The number of benzene rings is 8. The molecule has 0 saturated carbocycles. The Morgan fingerprint density at radius 3 is 0.314 bits per heavy atom. The fourth-order valence-corrected chi connectivity index (χ4v) is 7.80. The average molecular weight is 1150 g/mol. The molecule has 368 valence electrons. The predicted octanol–water partition coefficient (Wildman–Crippen LogP) is 16.5. The van der Waals surface area contributed by atoms with Gasteiger partial charge in [0.2, 0.25) is 0 Å². The molecule has 0 bridgehead atoms. The Morgan fingerprint density at radius 2 is 0.243 bits per heavy atom. The average Bonchev–Trinajstić information content (AvgIpc) is 3.45. The summed E-state index contributed by atoms with van der Waals surface area (Å²) in [7, 11) is 0. The Bertz CT molecular complexity index is 2160. The third kappa shape index (κ3) is 21.4. The zero-order chi connectivity index (χ0) is 49.5. The largest absolute Gasteiger partial charge is 0.781 e. The number of hydrogen-bond acceptors (Lipinski definition) is 8. The molecule has 0 atom stereocenters. The molecular formula is C60H52Ni2S8-8. The van der Waals surface area contributed by atoms with E-state index in [2.05, 4.69) is 0 Å². The normalized spacial score (nSPS) is 11.1. The molecule has 0 aliphatic rings. The summed E-state index contributed by atoms with van der Waals surface area (Å²) in [6.07, 6.45) is 0. The Morgan fingerprint density at radius 1 is 0.171 bits per heavy atom. The van der Waals surface area contributed by atoms with E-state index in [9.17, 15) is 0 Å². The molecule has 0 heterocycles. The first-order chi connectivity index (χ1) is 33.2. The van der Waals surface area contributed by atoms with Gasteiger partial charge in [-0.3, -0.25) is 0 Å². The maximum Gasteiger partial charge on any atom is 0 e. The number of rotatable bonds is 8. The third-order valence-corrected chi connectivity index (χ3v) is 13.1. The van der Waals surface area contributed by atoms with Crippen LogP contribution in [0, 0.1) is 0 Å². The molecule has 0 nitrogen and oxygen atoms in total. The molecule has 8 rings (SSSR count). The molecule has 0 N–H and O–H groups in total. The van der Waals surface area contributed by atoms with Crippen molar-refractivity contribution in [3.63, 3.8) is 0 Å². The van der Waals surface area contributed by atoms with E-state index in [1.807, 2.05) is 270 Å². The minimum absolute atomic E-state index is 0. The van der Waals surface area contributed by atoms with Crippen LogP contribution >= 0.6 is 0 Å². The first-order valence-corrected chi connectivity index (χ1v) is 25.2. The topological polar surface area (TPSA) is 0 Å². The van der Waals surface area contributed by atoms with Gasteiger partial charge in [0.25, 0.3) is 0 Å². The smallest absolute Gasteiger partial charge is 0 e. The number of hydrogen-bond donors (Lipinski definition) is 0. The van der Waals surface area contributed by atoms with E-state index in [1.54, 1.807) is 0 Å². The summed E-state index contributed by atoms with van der Waals surface area (Å²) in [5.74, 6) is 0. The van der Waals surface area contributed by atoms with Gasteiger partial charge in [-0.1, -0.05) is 270 Å². The van der Waals surface area contributed by atoms with Gasteiger partial charge in [0.1, 0.15) is 0 Å². The summed E-state index contributed by atoms with van der Waals surface area (Å²) in [5, 5.41) is 0. The zero-order valence-corrected chi connectivity index (χ0v) is 47.5. The van der Waals surface area contributed by atoms with Crippen molar-refractivity contribution in [1.29, 1.82) is 0 Å². The van der Waals surface area contributed by atoms with Crippen LogP contribution < -0.4 is 0 Å². The summed E-state index contributed by atoms with van der Waals surface area (Å²) >= 11 is 43.1. The van der Waals surface area contributed by atoms with Crippen molar-refractivity contribution >= 4 is 140 Å². The van der Waals surface area contributed by atoms with E-state index in [1.165, 1.54) is 0 Å². The van der Waals surface area contributed by atoms with Crippen LogP contribution in [0.25, 0.3) is 39.2 Å². The van der Waals surface area contributed by atoms with Crippen LogP contribution in [0.1, 0.15) is 72.2 Å². The van der Waals surface area contributed by atoms with Gasteiger partial charge in [0.15, 0.2) is 0 Å². The fraction of sp³-hybridized carbons (Fsp3) is 0.0667. The van der Waals surface area contributed by atoms with Crippen molar-refractivity contribution in [2.75, 3.05) is 0 Å². The van der Waals surface area contributed by atoms with Gasteiger partial charge in [-0.25, -0.2) is 0 Å². The van der Waals surface area contributed by atoms with Crippen molar-refractivity contribution in [3.8, 4) is 0 Å². The van der Waals surface area contributed by atoms with Crippen LogP contribution in [-0.4, -0.2) is 0 Å². The Hall–Kier alpha value is -4.53. The molecule has 0 radical (unpaired) electrons. The summed E-state index contributed by atoms with van der Waals surface area (Å²) < 4.78 is 0. The SMILES string of the molecule is CC.CC.[Ni].[Ni].[S-]C(=C([S-])c1ccccc1)c1ccccc1.[S-]C(=C([S-])c1ccccc1)c1ccccc1.[S-]C(=C([S-])c1ccccc1)c1ccccc1.[S-]C(=C([S-])c1ccccc1)c1ccccc1. The summed E-state index contributed by atoms with van der Waals surface area (Å²) in [4.78, 5) is 5.90. The van der Waals surface area contributed by atoms with Crippen molar-refractivity contribution in [1.82, 2.24) is 0 Å². The van der Waals surface area contributed by atoms with E-state index in [4.69, 9.17) is 101 Å². The van der Waals surface area contributed by atoms with Gasteiger partial charge in [0, 0.05) is 33.0 Å². The minimum atomic E-state index is 0. The van der Waals surface area contributed by atoms with Crippen molar-refractivity contribution in [3.05, 3.63) is 287 Å². The maximum absolute atomic E-state index is 5.38. The van der Waals surface area contributed by atoms with Crippen LogP contribution in [0.2, 0.25) is 0 Å². The zero-order valence-electron chi connectivity index (χ0n) is 39.0. The second-order valence-electron chi connectivity index (χ2n) is 13.6. The Kier molecular flexibility index (Phi) is 33.8. The molecule has 0 aliphatic heterocycles. The second kappa shape index (κ2) is 37.3. The van der Waals surface area contributed by atoms with Gasteiger partial charge >= 0.3 is 0 Å². The Balaban J connectivity index is 0.000000451. The molecular weight excluding hydrogens is 1090 g/mol. The molecule has 0 amide bonds. The van der Waals surface area contributed by atoms with E-state index < -0.39 is 0 Å². The van der Waals surface area contributed by atoms with E-state index >= 15 is 0 Å². The molecule has 8 aromatic rings. The molecule has 70 heavy (non-hydrogen) atoms. The van der Waals surface area contributed by atoms with Gasteiger partial charge < -0.3 is 101 Å². The molecule has 0 fully saturated rings. The molecule has 0 spiro atoms. The predicted molar refractivity (Wildman–Crippen MR) is 320 cm³/mol. The molecule has 8 aromatic carbocycles. The molecule has 0 aliphatic carbocycles. The third-order valence-electron chi connectivity index (χ3n) is 9.11. The maximum atomic E-state index is 5.38. The van der Waals surface area contributed by atoms with Gasteiger partial charge in [0.05, 0.1) is 0 Å². The van der Waals surface area contributed by atoms with Crippen molar-refractivity contribution in [2.45, 2.75) is 27.7 Å². The molecule has 0 unspecified atom stereocenters. The van der Waals surface area contributed by atoms with Crippen LogP contribution in [0.3, 0.4) is 0 Å². The first-order valence-electron chi connectivity index (χ1n) is 21.9. The molecule has 0 saturated heterocycles.